The van der Waals surface area contributed by atoms with Crippen LogP contribution in [0.4, 0.5) is 0 Å². The Morgan fingerprint density at radius 3 is 2.33 bits per heavy atom. The minimum absolute atomic E-state index is 0.720. The van der Waals surface area contributed by atoms with E-state index < -0.39 is 0 Å². The van der Waals surface area contributed by atoms with E-state index in [1.807, 2.05) is 37.3 Å². The van der Waals surface area contributed by atoms with Crippen LogP contribution in [0.5, 0.6) is 11.5 Å². The molecule has 0 aliphatic carbocycles. The third kappa shape index (κ3) is 2.29. The van der Waals surface area contributed by atoms with Crippen molar-refractivity contribution in [2.75, 3.05) is 14.2 Å². The van der Waals surface area contributed by atoms with Gasteiger partial charge < -0.3 is 9.47 Å². The van der Waals surface area contributed by atoms with Crippen LogP contribution in [0.25, 0.3) is 22.0 Å². The maximum absolute atomic E-state index is 5.47. The zero-order valence-electron chi connectivity index (χ0n) is 12.3. The predicted molar refractivity (Wildman–Crippen MR) is 82.8 cm³/mol. The maximum atomic E-state index is 5.47. The standard InChI is InChI=1S/C17H16N2O2/c1-11-13-6-4-5-7-14(13)17(19-18-11)15-9-8-12(20-2)10-16(15)21-3/h4-10H,1-3H3. The summed E-state index contributed by atoms with van der Waals surface area (Å²) in [6.07, 6.45) is 0. The van der Waals surface area contributed by atoms with Gasteiger partial charge >= 0.3 is 0 Å². The van der Waals surface area contributed by atoms with E-state index in [2.05, 4.69) is 22.3 Å². The molecule has 106 valence electrons. The summed E-state index contributed by atoms with van der Waals surface area (Å²) in [6.45, 7) is 1.96. The topological polar surface area (TPSA) is 44.2 Å². The van der Waals surface area contributed by atoms with Gasteiger partial charge in [0, 0.05) is 22.4 Å². The average molecular weight is 280 g/mol. The molecule has 0 aliphatic heterocycles. The highest BCUT2D eigenvalue weighted by atomic mass is 16.5. The van der Waals surface area contributed by atoms with Crippen LogP contribution in [0.1, 0.15) is 5.69 Å². The van der Waals surface area contributed by atoms with Gasteiger partial charge in [-0.05, 0) is 19.1 Å². The second-order valence-corrected chi connectivity index (χ2v) is 4.75. The Bertz CT molecular complexity index is 800. The lowest BCUT2D eigenvalue weighted by Gasteiger charge is -2.12. The van der Waals surface area contributed by atoms with Crippen molar-refractivity contribution in [1.29, 1.82) is 0 Å². The molecule has 0 spiro atoms. The van der Waals surface area contributed by atoms with E-state index in [1.165, 1.54) is 0 Å². The molecule has 0 atom stereocenters. The normalized spacial score (nSPS) is 10.6. The van der Waals surface area contributed by atoms with Gasteiger partial charge in [0.15, 0.2) is 0 Å². The van der Waals surface area contributed by atoms with E-state index >= 15 is 0 Å². The molecule has 3 rings (SSSR count). The van der Waals surface area contributed by atoms with Crippen LogP contribution in [0, 0.1) is 6.92 Å². The Hall–Kier alpha value is -2.62. The number of hydrogen-bond donors (Lipinski definition) is 0. The molecule has 2 aromatic carbocycles. The number of rotatable bonds is 3. The Balaban J connectivity index is 2.28. The van der Waals surface area contributed by atoms with Crippen molar-refractivity contribution >= 4 is 10.8 Å². The van der Waals surface area contributed by atoms with E-state index in [0.29, 0.717) is 0 Å². The zero-order valence-corrected chi connectivity index (χ0v) is 12.3. The van der Waals surface area contributed by atoms with Crippen molar-refractivity contribution < 1.29 is 9.47 Å². The Morgan fingerprint density at radius 1 is 0.857 bits per heavy atom. The molecule has 4 heteroatoms. The molecule has 0 N–H and O–H groups in total. The average Bonchev–Trinajstić information content (AvgIpc) is 2.55. The zero-order chi connectivity index (χ0) is 14.8. The largest absolute Gasteiger partial charge is 0.497 e. The van der Waals surface area contributed by atoms with Gasteiger partial charge in [-0.2, -0.15) is 5.10 Å². The molecule has 1 heterocycles. The van der Waals surface area contributed by atoms with E-state index in [1.54, 1.807) is 14.2 Å². The van der Waals surface area contributed by atoms with Crippen molar-refractivity contribution in [3.63, 3.8) is 0 Å². The lowest BCUT2D eigenvalue weighted by Crippen LogP contribution is -1.96. The summed E-state index contributed by atoms with van der Waals surface area (Å²) in [5.41, 5.74) is 2.64. The second-order valence-electron chi connectivity index (χ2n) is 4.75. The van der Waals surface area contributed by atoms with Crippen molar-refractivity contribution in [2.24, 2.45) is 0 Å². The second kappa shape index (κ2) is 5.40. The summed E-state index contributed by atoms with van der Waals surface area (Å²) in [6, 6.07) is 13.8. The Labute approximate surface area is 123 Å². The number of benzene rings is 2. The molecule has 0 unspecified atom stereocenters. The number of hydrogen-bond acceptors (Lipinski definition) is 4. The third-order valence-corrected chi connectivity index (χ3v) is 3.54. The van der Waals surface area contributed by atoms with Crippen molar-refractivity contribution in [3.05, 3.63) is 48.2 Å². The molecule has 3 aromatic rings. The molecule has 0 saturated carbocycles. The minimum atomic E-state index is 0.720. The fraction of sp³-hybridized carbons (Fsp3) is 0.176. The van der Waals surface area contributed by atoms with Crippen LogP contribution in [0.3, 0.4) is 0 Å². The Kier molecular flexibility index (Phi) is 3.44. The summed E-state index contributed by atoms with van der Waals surface area (Å²) in [4.78, 5) is 0. The summed E-state index contributed by atoms with van der Waals surface area (Å²) in [5.74, 6) is 1.47. The molecular formula is C17H16N2O2. The molecule has 0 fully saturated rings. The number of nitrogens with zero attached hydrogens (tertiary/aromatic N) is 2. The number of fused-ring (bicyclic) bond motifs is 1. The first-order valence-corrected chi connectivity index (χ1v) is 6.69. The highest BCUT2D eigenvalue weighted by molar-refractivity contribution is 5.96. The molecule has 21 heavy (non-hydrogen) atoms. The van der Waals surface area contributed by atoms with Crippen molar-refractivity contribution in [2.45, 2.75) is 6.92 Å². The fourth-order valence-electron chi connectivity index (χ4n) is 2.43. The number of methoxy groups -OCH3 is 2. The van der Waals surface area contributed by atoms with Gasteiger partial charge in [0.2, 0.25) is 0 Å². The first kappa shape index (κ1) is 13.4. The molecule has 1 aromatic heterocycles. The van der Waals surface area contributed by atoms with Crippen LogP contribution in [0.15, 0.2) is 42.5 Å². The molecule has 0 amide bonds. The highest BCUT2D eigenvalue weighted by Crippen LogP contribution is 2.35. The first-order chi connectivity index (χ1) is 10.2. The van der Waals surface area contributed by atoms with Gasteiger partial charge in [-0.1, -0.05) is 24.3 Å². The van der Waals surface area contributed by atoms with Crippen molar-refractivity contribution in [3.8, 4) is 22.8 Å². The molecule has 0 radical (unpaired) electrons. The van der Waals surface area contributed by atoms with Crippen LogP contribution < -0.4 is 9.47 Å². The number of ether oxygens (including phenoxy) is 2. The van der Waals surface area contributed by atoms with E-state index in [9.17, 15) is 0 Å². The summed E-state index contributed by atoms with van der Waals surface area (Å²) in [5, 5.41) is 10.8. The van der Waals surface area contributed by atoms with Gasteiger partial charge in [-0.3, -0.25) is 0 Å². The maximum Gasteiger partial charge on any atom is 0.132 e. The van der Waals surface area contributed by atoms with Gasteiger partial charge in [0.1, 0.15) is 17.2 Å². The van der Waals surface area contributed by atoms with E-state index in [0.717, 1.165) is 39.2 Å². The molecule has 0 aliphatic rings. The van der Waals surface area contributed by atoms with Gasteiger partial charge in [0.05, 0.1) is 19.9 Å². The first-order valence-electron chi connectivity index (χ1n) is 6.69. The molecule has 0 saturated heterocycles. The van der Waals surface area contributed by atoms with Crippen LogP contribution >= 0.6 is 0 Å². The van der Waals surface area contributed by atoms with Crippen LogP contribution in [-0.4, -0.2) is 24.4 Å². The minimum Gasteiger partial charge on any atom is -0.497 e. The van der Waals surface area contributed by atoms with E-state index in [4.69, 9.17) is 9.47 Å². The lowest BCUT2D eigenvalue weighted by molar-refractivity contribution is 0.395. The summed E-state index contributed by atoms with van der Waals surface area (Å²) >= 11 is 0. The van der Waals surface area contributed by atoms with Crippen LogP contribution in [0.2, 0.25) is 0 Å². The van der Waals surface area contributed by atoms with Crippen LogP contribution in [-0.2, 0) is 0 Å². The smallest absolute Gasteiger partial charge is 0.132 e. The third-order valence-electron chi connectivity index (χ3n) is 3.54. The lowest BCUT2D eigenvalue weighted by atomic mass is 10.0. The highest BCUT2D eigenvalue weighted by Gasteiger charge is 2.13. The van der Waals surface area contributed by atoms with E-state index in [-0.39, 0.29) is 0 Å². The fourth-order valence-corrected chi connectivity index (χ4v) is 2.43. The predicted octanol–water partition coefficient (Wildman–Crippen LogP) is 3.62. The SMILES string of the molecule is COc1ccc(-c2nnc(C)c3ccccc23)c(OC)c1. The summed E-state index contributed by atoms with van der Waals surface area (Å²) < 4.78 is 10.7. The van der Waals surface area contributed by atoms with Crippen molar-refractivity contribution in [1.82, 2.24) is 10.2 Å². The van der Waals surface area contributed by atoms with Gasteiger partial charge in [-0.15, -0.1) is 5.10 Å². The number of aromatic nitrogens is 2. The van der Waals surface area contributed by atoms with Gasteiger partial charge in [-0.25, -0.2) is 0 Å². The quantitative estimate of drug-likeness (QED) is 0.735. The monoisotopic (exact) mass is 280 g/mol. The molecule has 0 bridgehead atoms. The molecule has 4 nitrogen and oxygen atoms in total. The number of aryl methyl sites for hydroxylation is 1. The summed E-state index contributed by atoms with van der Waals surface area (Å²) in [7, 11) is 3.28. The molecular weight excluding hydrogens is 264 g/mol. The Morgan fingerprint density at radius 2 is 1.62 bits per heavy atom. The van der Waals surface area contributed by atoms with Gasteiger partial charge in [0.25, 0.3) is 0 Å².